The molecule has 0 aromatic heterocycles. The normalized spacial score (nSPS) is 32.8. The van der Waals surface area contributed by atoms with Crippen LogP contribution in [0.25, 0.3) is 0 Å². The van der Waals surface area contributed by atoms with Gasteiger partial charge in [0.2, 0.25) is 0 Å². The molecule has 0 amide bonds. The third-order valence-corrected chi connectivity index (χ3v) is 4.08. The number of hydrogen-bond donors (Lipinski definition) is 2. The Hall–Kier alpha value is -0.120. The van der Waals surface area contributed by atoms with Crippen LogP contribution in [-0.2, 0) is 0 Å². The minimum Gasteiger partial charge on any atom is -0.396 e. The standard InChI is InChI=1S/C13H26N2O/c16-10-7-13-6-2-4-9-15(13)11-12-5-1-3-8-14-12/h12-14,16H,1-11H2. The average Bonchev–Trinajstić information content (AvgIpc) is 2.33. The van der Waals surface area contributed by atoms with Gasteiger partial charge in [-0.1, -0.05) is 12.8 Å². The molecule has 94 valence electrons. The zero-order chi connectivity index (χ0) is 11.2. The van der Waals surface area contributed by atoms with Gasteiger partial charge in [0.25, 0.3) is 0 Å². The summed E-state index contributed by atoms with van der Waals surface area (Å²) >= 11 is 0. The molecule has 2 aliphatic rings. The lowest BCUT2D eigenvalue weighted by Gasteiger charge is -2.38. The monoisotopic (exact) mass is 226 g/mol. The second-order valence-corrected chi connectivity index (χ2v) is 5.30. The third-order valence-electron chi connectivity index (χ3n) is 4.08. The molecule has 0 saturated carbocycles. The topological polar surface area (TPSA) is 35.5 Å². The van der Waals surface area contributed by atoms with Gasteiger partial charge in [0.1, 0.15) is 0 Å². The molecule has 2 N–H and O–H groups in total. The zero-order valence-electron chi connectivity index (χ0n) is 10.3. The second kappa shape index (κ2) is 6.58. The smallest absolute Gasteiger partial charge is 0.0445 e. The van der Waals surface area contributed by atoms with Crippen LogP contribution in [0, 0.1) is 0 Å². The van der Waals surface area contributed by atoms with Crippen LogP contribution in [0.3, 0.4) is 0 Å². The molecule has 0 radical (unpaired) electrons. The van der Waals surface area contributed by atoms with Crippen LogP contribution in [0.2, 0.25) is 0 Å². The number of nitrogens with zero attached hydrogens (tertiary/aromatic N) is 1. The lowest BCUT2D eigenvalue weighted by Crippen LogP contribution is -2.49. The van der Waals surface area contributed by atoms with Crippen molar-refractivity contribution in [3.63, 3.8) is 0 Å². The molecule has 2 fully saturated rings. The number of piperidine rings is 2. The fourth-order valence-corrected chi connectivity index (χ4v) is 3.14. The molecular formula is C13H26N2O. The largest absolute Gasteiger partial charge is 0.396 e. The molecule has 2 heterocycles. The van der Waals surface area contributed by atoms with Gasteiger partial charge in [0, 0.05) is 25.2 Å². The van der Waals surface area contributed by atoms with Crippen molar-refractivity contribution >= 4 is 0 Å². The Morgan fingerprint density at radius 1 is 1.12 bits per heavy atom. The Morgan fingerprint density at radius 3 is 2.75 bits per heavy atom. The highest BCUT2D eigenvalue weighted by molar-refractivity contribution is 4.82. The molecule has 0 bridgehead atoms. The lowest BCUT2D eigenvalue weighted by atomic mass is 9.97. The van der Waals surface area contributed by atoms with Gasteiger partial charge in [0.05, 0.1) is 0 Å². The second-order valence-electron chi connectivity index (χ2n) is 5.30. The van der Waals surface area contributed by atoms with Crippen LogP contribution in [0.1, 0.15) is 44.9 Å². The summed E-state index contributed by atoms with van der Waals surface area (Å²) in [6, 6.07) is 1.34. The van der Waals surface area contributed by atoms with Crippen molar-refractivity contribution in [1.82, 2.24) is 10.2 Å². The Bertz CT molecular complexity index is 190. The lowest BCUT2D eigenvalue weighted by molar-refractivity contribution is 0.103. The SMILES string of the molecule is OCCC1CCCCN1CC1CCCCN1. The summed E-state index contributed by atoms with van der Waals surface area (Å²) in [5.41, 5.74) is 0. The predicted octanol–water partition coefficient (Wildman–Crippen LogP) is 1.37. The summed E-state index contributed by atoms with van der Waals surface area (Å²) in [6.45, 7) is 3.98. The van der Waals surface area contributed by atoms with Gasteiger partial charge in [-0.2, -0.15) is 0 Å². The van der Waals surface area contributed by atoms with E-state index in [1.807, 2.05) is 0 Å². The molecule has 2 atom stereocenters. The molecule has 2 aliphatic heterocycles. The van der Waals surface area contributed by atoms with Crippen LogP contribution >= 0.6 is 0 Å². The molecule has 3 nitrogen and oxygen atoms in total. The van der Waals surface area contributed by atoms with E-state index in [2.05, 4.69) is 10.2 Å². The summed E-state index contributed by atoms with van der Waals surface area (Å²) in [7, 11) is 0. The van der Waals surface area contributed by atoms with Crippen molar-refractivity contribution in [3.05, 3.63) is 0 Å². The fourth-order valence-electron chi connectivity index (χ4n) is 3.14. The molecular weight excluding hydrogens is 200 g/mol. The van der Waals surface area contributed by atoms with E-state index < -0.39 is 0 Å². The third kappa shape index (κ3) is 3.44. The van der Waals surface area contributed by atoms with Gasteiger partial charge in [-0.15, -0.1) is 0 Å². The summed E-state index contributed by atoms with van der Waals surface area (Å²) in [5, 5.41) is 12.7. The minimum absolute atomic E-state index is 0.346. The van der Waals surface area contributed by atoms with Crippen molar-refractivity contribution in [2.24, 2.45) is 0 Å². The Balaban J connectivity index is 1.80. The van der Waals surface area contributed by atoms with E-state index >= 15 is 0 Å². The van der Waals surface area contributed by atoms with E-state index in [0.29, 0.717) is 18.7 Å². The number of hydrogen-bond acceptors (Lipinski definition) is 3. The van der Waals surface area contributed by atoms with Crippen molar-refractivity contribution in [2.45, 2.75) is 57.0 Å². The Kier molecular flexibility index (Phi) is 5.07. The van der Waals surface area contributed by atoms with Crippen LogP contribution in [0.5, 0.6) is 0 Å². The highest BCUT2D eigenvalue weighted by atomic mass is 16.3. The highest BCUT2D eigenvalue weighted by Crippen LogP contribution is 2.21. The van der Waals surface area contributed by atoms with E-state index in [1.165, 1.54) is 58.2 Å². The van der Waals surface area contributed by atoms with Gasteiger partial charge in [-0.25, -0.2) is 0 Å². The zero-order valence-corrected chi connectivity index (χ0v) is 10.3. The molecule has 0 aliphatic carbocycles. The molecule has 2 saturated heterocycles. The van der Waals surface area contributed by atoms with Crippen LogP contribution in [0.15, 0.2) is 0 Å². The molecule has 3 heteroatoms. The van der Waals surface area contributed by atoms with Crippen molar-refractivity contribution in [2.75, 3.05) is 26.2 Å². The predicted molar refractivity (Wildman–Crippen MR) is 66.6 cm³/mol. The van der Waals surface area contributed by atoms with Crippen molar-refractivity contribution in [1.29, 1.82) is 0 Å². The van der Waals surface area contributed by atoms with E-state index in [4.69, 9.17) is 5.11 Å². The average molecular weight is 226 g/mol. The summed E-state index contributed by atoms with van der Waals surface area (Å²) in [5.74, 6) is 0. The summed E-state index contributed by atoms with van der Waals surface area (Å²) in [6.07, 6.45) is 9.00. The number of nitrogens with one attached hydrogen (secondary N) is 1. The maximum atomic E-state index is 9.10. The molecule has 2 unspecified atom stereocenters. The fraction of sp³-hybridized carbons (Fsp3) is 1.00. The van der Waals surface area contributed by atoms with Gasteiger partial charge in [-0.3, -0.25) is 4.90 Å². The maximum absolute atomic E-state index is 9.10. The molecule has 2 rings (SSSR count). The quantitative estimate of drug-likeness (QED) is 0.760. The van der Waals surface area contributed by atoms with Crippen LogP contribution < -0.4 is 5.32 Å². The first kappa shape index (κ1) is 12.3. The first-order valence-electron chi connectivity index (χ1n) is 6.98. The van der Waals surface area contributed by atoms with Gasteiger partial charge >= 0.3 is 0 Å². The van der Waals surface area contributed by atoms with Gasteiger partial charge in [-0.05, 0) is 45.2 Å². The molecule has 0 aromatic rings. The van der Waals surface area contributed by atoms with E-state index in [-0.39, 0.29) is 0 Å². The first-order chi connectivity index (χ1) is 7.90. The number of rotatable bonds is 4. The molecule has 16 heavy (non-hydrogen) atoms. The van der Waals surface area contributed by atoms with E-state index in [9.17, 15) is 0 Å². The number of aliphatic hydroxyl groups is 1. The van der Waals surface area contributed by atoms with E-state index in [1.54, 1.807) is 0 Å². The summed E-state index contributed by atoms with van der Waals surface area (Å²) in [4.78, 5) is 2.61. The maximum Gasteiger partial charge on any atom is 0.0445 e. The Labute approximate surface area is 99.2 Å². The van der Waals surface area contributed by atoms with E-state index in [0.717, 1.165) is 6.42 Å². The molecule has 0 aromatic carbocycles. The van der Waals surface area contributed by atoms with Gasteiger partial charge in [0.15, 0.2) is 0 Å². The Morgan fingerprint density at radius 2 is 2.00 bits per heavy atom. The molecule has 0 spiro atoms. The van der Waals surface area contributed by atoms with Crippen molar-refractivity contribution < 1.29 is 5.11 Å². The summed E-state index contributed by atoms with van der Waals surface area (Å²) < 4.78 is 0. The van der Waals surface area contributed by atoms with Gasteiger partial charge < -0.3 is 10.4 Å². The van der Waals surface area contributed by atoms with Crippen LogP contribution in [-0.4, -0.2) is 48.3 Å². The van der Waals surface area contributed by atoms with Crippen LogP contribution in [0.4, 0.5) is 0 Å². The number of aliphatic hydroxyl groups excluding tert-OH is 1. The minimum atomic E-state index is 0.346. The highest BCUT2D eigenvalue weighted by Gasteiger charge is 2.24. The first-order valence-corrected chi connectivity index (χ1v) is 6.98. The van der Waals surface area contributed by atoms with Crippen molar-refractivity contribution in [3.8, 4) is 0 Å². The number of likely N-dealkylation sites (tertiary alicyclic amines) is 1.